The molecular formula is C15H19NO3. The van der Waals surface area contributed by atoms with Crippen LogP contribution in [-0.2, 0) is 4.74 Å². The number of methoxy groups -OCH3 is 1. The average molecular weight is 261 g/mol. The van der Waals surface area contributed by atoms with Gasteiger partial charge in [0, 0.05) is 11.6 Å². The zero-order valence-corrected chi connectivity index (χ0v) is 11.3. The highest BCUT2D eigenvalue weighted by Gasteiger charge is 2.23. The van der Waals surface area contributed by atoms with Crippen LogP contribution in [0.5, 0.6) is 0 Å². The van der Waals surface area contributed by atoms with Gasteiger partial charge in [0.1, 0.15) is 0 Å². The standard InChI is InChI=1S/C15H19NO3/c1-10-3-8-13(9-10)16-14(17)11-4-6-12(7-5-11)15(18)19-2/h4-7,10,13H,3,8-9H2,1-2H3,(H,16,17). The minimum Gasteiger partial charge on any atom is -0.465 e. The molecular weight excluding hydrogens is 242 g/mol. The van der Waals surface area contributed by atoms with E-state index in [1.807, 2.05) is 0 Å². The Bertz CT molecular complexity index is 467. The van der Waals surface area contributed by atoms with E-state index in [2.05, 4.69) is 17.0 Å². The number of esters is 1. The molecule has 19 heavy (non-hydrogen) atoms. The van der Waals surface area contributed by atoms with Crippen LogP contribution in [0.15, 0.2) is 24.3 Å². The second-order valence-corrected chi connectivity index (χ2v) is 5.16. The zero-order valence-electron chi connectivity index (χ0n) is 11.3. The van der Waals surface area contributed by atoms with Gasteiger partial charge >= 0.3 is 5.97 Å². The summed E-state index contributed by atoms with van der Waals surface area (Å²) < 4.78 is 4.62. The highest BCUT2D eigenvalue weighted by atomic mass is 16.5. The van der Waals surface area contributed by atoms with Gasteiger partial charge in [-0.2, -0.15) is 0 Å². The van der Waals surface area contributed by atoms with Gasteiger partial charge < -0.3 is 10.1 Å². The Labute approximate surface area is 113 Å². The monoisotopic (exact) mass is 261 g/mol. The zero-order chi connectivity index (χ0) is 13.8. The summed E-state index contributed by atoms with van der Waals surface area (Å²) in [5.41, 5.74) is 1.03. The third-order valence-electron chi connectivity index (χ3n) is 3.60. The number of carbonyl (C=O) groups is 2. The van der Waals surface area contributed by atoms with E-state index in [4.69, 9.17) is 0 Å². The molecule has 0 saturated heterocycles. The molecule has 0 aliphatic heterocycles. The molecule has 1 N–H and O–H groups in total. The van der Waals surface area contributed by atoms with Crippen molar-refractivity contribution in [1.29, 1.82) is 0 Å². The van der Waals surface area contributed by atoms with Gasteiger partial charge in [0.15, 0.2) is 0 Å². The van der Waals surface area contributed by atoms with E-state index >= 15 is 0 Å². The smallest absolute Gasteiger partial charge is 0.337 e. The van der Waals surface area contributed by atoms with Crippen molar-refractivity contribution >= 4 is 11.9 Å². The molecule has 1 aliphatic carbocycles. The van der Waals surface area contributed by atoms with Gasteiger partial charge in [-0.3, -0.25) is 4.79 Å². The van der Waals surface area contributed by atoms with E-state index in [0.29, 0.717) is 17.0 Å². The van der Waals surface area contributed by atoms with Crippen molar-refractivity contribution < 1.29 is 14.3 Å². The van der Waals surface area contributed by atoms with Gasteiger partial charge in [0.25, 0.3) is 5.91 Å². The maximum atomic E-state index is 12.0. The molecule has 0 radical (unpaired) electrons. The van der Waals surface area contributed by atoms with Crippen LogP contribution in [0.2, 0.25) is 0 Å². The first-order valence-corrected chi connectivity index (χ1v) is 6.59. The molecule has 1 amide bonds. The van der Waals surface area contributed by atoms with Crippen molar-refractivity contribution in [1.82, 2.24) is 5.32 Å². The first-order chi connectivity index (χ1) is 9.10. The lowest BCUT2D eigenvalue weighted by Gasteiger charge is -2.12. The summed E-state index contributed by atoms with van der Waals surface area (Å²) in [7, 11) is 1.34. The summed E-state index contributed by atoms with van der Waals surface area (Å²) in [6.07, 6.45) is 3.27. The Kier molecular flexibility index (Phi) is 4.20. The largest absolute Gasteiger partial charge is 0.465 e. The number of rotatable bonds is 3. The lowest BCUT2D eigenvalue weighted by molar-refractivity contribution is 0.0600. The third kappa shape index (κ3) is 3.34. The van der Waals surface area contributed by atoms with Crippen LogP contribution in [0.25, 0.3) is 0 Å². The van der Waals surface area contributed by atoms with Gasteiger partial charge in [-0.05, 0) is 49.4 Å². The van der Waals surface area contributed by atoms with E-state index in [1.54, 1.807) is 24.3 Å². The van der Waals surface area contributed by atoms with Crippen molar-refractivity contribution in [3.8, 4) is 0 Å². The molecule has 0 spiro atoms. The fourth-order valence-corrected chi connectivity index (χ4v) is 2.48. The number of carbonyl (C=O) groups excluding carboxylic acids is 2. The quantitative estimate of drug-likeness (QED) is 0.850. The summed E-state index contributed by atoms with van der Waals surface area (Å²) in [4.78, 5) is 23.3. The molecule has 1 aromatic rings. The predicted octanol–water partition coefficient (Wildman–Crippen LogP) is 2.39. The van der Waals surface area contributed by atoms with E-state index in [0.717, 1.165) is 12.8 Å². The minimum absolute atomic E-state index is 0.0736. The van der Waals surface area contributed by atoms with E-state index in [-0.39, 0.29) is 11.9 Å². The topological polar surface area (TPSA) is 55.4 Å². The summed E-state index contributed by atoms with van der Waals surface area (Å²) in [5, 5.41) is 3.03. The van der Waals surface area contributed by atoms with Crippen molar-refractivity contribution in [2.24, 2.45) is 5.92 Å². The molecule has 1 fully saturated rings. The number of ether oxygens (including phenoxy) is 1. The van der Waals surface area contributed by atoms with Gasteiger partial charge in [0.05, 0.1) is 12.7 Å². The molecule has 102 valence electrons. The van der Waals surface area contributed by atoms with Crippen molar-refractivity contribution in [3.63, 3.8) is 0 Å². The number of hydrogen-bond acceptors (Lipinski definition) is 3. The highest BCUT2D eigenvalue weighted by Crippen LogP contribution is 2.24. The molecule has 0 heterocycles. The van der Waals surface area contributed by atoms with Gasteiger partial charge in [0.2, 0.25) is 0 Å². The molecule has 2 atom stereocenters. The van der Waals surface area contributed by atoms with Gasteiger partial charge in [-0.25, -0.2) is 4.79 Å². The number of amides is 1. The Hall–Kier alpha value is -1.84. The summed E-state index contributed by atoms with van der Waals surface area (Å²) in [5.74, 6) is 0.221. The second kappa shape index (κ2) is 5.87. The summed E-state index contributed by atoms with van der Waals surface area (Å²) in [6, 6.07) is 6.80. The van der Waals surface area contributed by atoms with Crippen LogP contribution in [0.1, 0.15) is 46.9 Å². The van der Waals surface area contributed by atoms with Crippen LogP contribution in [-0.4, -0.2) is 25.0 Å². The minimum atomic E-state index is -0.392. The Balaban J connectivity index is 1.97. The number of benzene rings is 1. The van der Waals surface area contributed by atoms with E-state index in [1.165, 1.54) is 13.5 Å². The van der Waals surface area contributed by atoms with Gasteiger partial charge in [-0.1, -0.05) is 6.92 Å². The molecule has 4 nitrogen and oxygen atoms in total. The van der Waals surface area contributed by atoms with Crippen molar-refractivity contribution in [2.45, 2.75) is 32.2 Å². The first kappa shape index (κ1) is 13.6. The second-order valence-electron chi connectivity index (χ2n) is 5.16. The maximum absolute atomic E-state index is 12.0. The fourth-order valence-electron chi connectivity index (χ4n) is 2.48. The third-order valence-corrected chi connectivity index (χ3v) is 3.60. The van der Waals surface area contributed by atoms with Crippen LogP contribution in [0.4, 0.5) is 0 Å². The van der Waals surface area contributed by atoms with Crippen molar-refractivity contribution in [3.05, 3.63) is 35.4 Å². The lowest BCUT2D eigenvalue weighted by Crippen LogP contribution is -2.32. The Morgan fingerprint density at radius 3 is 2.32 bits per heavy atom. The Morgan fingerprint density at radius 2 is 1.79 bits per heavy atom. The molecule has 1 aromatic carbocycles. The van der Waals surface area contributed by atoms with E-state index in [9.17, 15) is 9.59 Å². The molecule has 2 unspecified atom stereocenters. The van der Waals surface area contributed by atoms with Crippen LogP contribution in [0.3, 0.4) is 0 Å². The van der Waals surface area contributed by atoms with Gasteiger partial charge in [-0.15, -0.1) is 0 Å². The Morgan fingerprint density at radius 1 is 1.16 bits per heavy atom. The number of nitrogens with one attached hydrogen (secondary N) is 1. The molecule has 0 aromatic heterocycles. The molecule has 1 saturated carbocycles. The summed E-state index contributed by atoms with van der Waals surface area (Å²) >= 11 is 0. The van der Waals surface area contributed by atoms with Crippen LogP contribution >= 0.6 is 0 Å². The molecule has 0 bridgehead atoms. The molecule has 1 aliphatic rings. The fraction of sp³-hybridized carbons (Fsp3) is 0.467. The first-order valence-electron chi connectivity index (χ1n) is 6.59. The summed E-state index contributed by atoms with van der Waals surface area (Å²) in [6.45, 7) is 2.21. The SMILES string of the molecule is COC(=O)c1ccc(C(=O)NC2CCC(C)C2)cc1. The van der Waals surface area contributed by atoms with E-state index < -0.39 is 5.97 Å². The average Bonchev–Trinajstić information content (AvgIpc) is 2.83. The normalized spacial score (nSPS) is 22.0. The van der Waals surface area contributed by atoms with Crippen LogP contribution in [0, 0.1) is 5.92 Å². The number of hydrogen-bond donors (Lipinski definition) is 1. The highest BCUT2D eigenvalue weighted by molar-refractivity contribution is 5.96. The molecule has 2 rings (SSSR count). The molecule has 4 heteroatoms. The maximum Gasteiger partial charge on any atom is 0.337 e. The lowest BCUT2D eigenvalue weighted by atomic mass is 10.1. The predicted molar refractivity (Wildman–Crippen MR) is 72.1 cm³/mol. The van der Waals surface area contributed by atoms with Crippen LogP contribution < -0.4 is 5.32 Å². The van der Waals surface area contributed by atoms with Crippen molar-refractivity contribution in [2.75, 3.05) is 7.11 Å².